The minimum absolute atomic E-state index is 0.0723. The van der Waals surface area contributed by atoms with Gasteiger partial charge >= 0.3 is 11.9 Å². The number of esters is 2. The number of methoxy groups -OCH3 is 1. The SMILES string of the molecule is COC(=O)c1ccc(NC(=O)COC(=O)Cc2ccc(Cl)cc2Cl)cc1. The zero-order valence-electron chi connectivity index (χ0n) is 13.8. The van der Waals surface area contributed by atoms with Crippen LogP contribution in [0.5, 0.6) is 0 Å². The molecule has 2 rings (SSSR count). The number of hydrogen-bond donors (Lipinski definition) is 1. The molecule has 0 aromatic heterocycles. The van der Waals surface area contributed by atoms with E-state index in [1.165, 1.54) is 25.3 Å². The smallest absolute Gasteiger partial charge is 0.337 e. The predicted molar refractivity (Wildman–Crippen MR) is 97.5 cm³/mol. The molecule has 26 heavy (non-hydrogen) atoms. The zero-order chi connectivity index (χ0) is 19.1. The fraction of sp³-hybridized carbons (Fsp3) is 0.167. The molecule has 2 aromatic carbocycles. The zero-order valence-corrected chi connectivity index (χ0v) is 15.3. The lowest BCUT2D eigenvalue weighted by Gasteiger charge is -2.08. The van der Waals surface area contributed by atoms with Crippen molar-refractivity contribution < 1.29 is 23.9 Å². The van der Waals surface area contributed by atoms with E-state index in [4.69, 9.17) is 27.9 Å². The van der Waals surface area contributed by atoms with Gasteiger partial charge in [-0.15, -0.1) is 0 Å². The lowest BCUT2D eigenvalue weighted by molar-refractivity contribution is -0.146. The molecule has 0 aliphatic carbocycles. The van der Waals surface area contributed by atoms with E-state index in [1.807, 2.05) is 0 Å². The lowest BCUT2D eigenvalue weighted by Crippen LogP contribution is -2.21. The Morgan fingerprint density at radius 2 is 1.73 bits per heavy atom. The summed E-state index contributed by atoms with van der Waals surface area (Å²) in [6, 6.07) is 10.9. The van der Waals surface area contributed by atoms with Crippen LogP contribution in [0.1, 0.15) is 15.9 Å². The topological polar surface area (TPSA) is 81.7 Å². The van der Waals surface area contributed by atoms with Gasteiger partial charge in [-0.05, 0) is 42.0 Å². The monoisotopic (exact) mass is 395 g/mol. The summed E-state index contributed by atoms with van der Waals surface area (Å²) < 4.78 is 9.51. The van der Waals surface area contributed by atoms with E-state index in [-0.39, 0.29) is 6.42 Å². The summed E-state index contributed by atoms with van der Waals surface area (Å²) >= 11 is 11.8. The second kappa shape index (κ2) is 9.22. The molecule has 136 valence electrons. The Hall–Kier alpha value is -2.57. The average Bonchev–Trinajstić information content (AvgIpc) is 2.62. The molecule has 0 saturated heterocycles. The molecular weight excluding hydrogens is 381 g/mol. The van der Waals surface area contributed by atoms with Gasteiger partial charge in [-0.3, -0.25) is 9.59 Å². The van der Waals surface area contributed by atoms with Crippen molar-refractivity contribution in [2.45, 2.75) is 6.42 Å². The normalized spacial score (nSPS) is 10.1. The number of benzene rings is 2. The second-order valence-electron chi connectivity index (χ2n) is 5.19. The second-order valence-corrected chi connectivity index (χ2v) is 6.03. The minimum atomic E-state index is -0.592. The highest BCUT2D eigenvalue weighted by Crippen LogP contribution is 2.21. The van der Waals surface area contributed by atoms with Crippen molar-refractivity contribution >= 4 is 46.7 Å². The number of ether oxygens (including phenoxy) is 2. The Kier molecular flexibility index (Phi) is 7.00. The molecule has 0 aliphatic rings. The van der Waals surface area contributed by atoms with E-state index in [9.17, 15) is 14.4 Å². The Balaban J connectivity index is 1.82. The standard InChI is InChI=1S/C18H15Cl2NO5/c1-25-18(24)11-3-6-14(7-4-11)21-16(22)10-26-17(23)8-12-2-5-13(19)9-15(12)20/h2-7,9H,8,10H2,1H3,(H,21,22). The van der Waals surface area contributed by atoms with Gasteiger partial charge in [0, 0.05) is 15.7 Å². The Morgan fingerprint density at radius 1 is 1.04 bits per heavy atom. The lowest BCUT2D eigenvalue weighted by atomic mass is 10.1. The fourth-order valence-corrected chi connectivity index (χ4v) is 2.50. The van der Waals surface area contributed by atoms with Gasteiger partial charge < -0.3 is 14.8 Å². The van der Waals surface area contributed by atoms with Crippen LogP contribution >= 0.6 is 23.2 Å². The average molecular weight is 396 g/mol. The molecule has 0 aliphatic heterocycles. The summed E-state index contributed by atoms with van der Waals surface area (Å²) in [5.74, 6) is -1.57. The molecular formula is C18H15Cl2NO5. The molecule has 0 heterocycles. The van der Waals surface area contributed by atoms with E-state index in [0.29, 0.717) is 26.9 Å². The molecule has 0 unspecified atom stereocenters. The van der Waals surface area contributed by atoms with Crippen LogP contribution in [-0.2, 0) is 25.5 Å². The first-order valence-corrected chi connectivity index (χ1v) is 8.22. The molecule has 2 aromatic rings. The van der Waals surface area contributed by atoms with Gasteiger partial charge in [0.15, 0.2) is 6.61 Å². The van der Waals surface area contributed by atoms with E-state index < -0.39 is 24.5 Å². The predicted octanol–water partition coefficient (Wildman–Crippen LogP) is 3.50. The summed E-state index contributed by atoms with van der Waals surface area (Å²) in [5.41, 5.74) is 1.37. The van der Waals surface area contributed by atoms with Crippen molar-refractivity contribution in [1.29, 1.82) is 0 Å². The van der Waals surface area contributed by atoms with Crippen LogP contribution in [0.4, 0.5) is 5.69 Å². The van der Waals surface area contributed by atoms with Crippen molar-refractivity contribution in [2.75, 3.05) is 19.0 Å². The third-order valence-corrected chi connectivity index (χ3v) is 3.89. The summed E-state index contributed by atoms with van der Waals surface area (Å²) in [4.78, 5) is 35.0. The van der Waals surface area contributed by atoms with Crippen LogP contribution in [0.2, 0.25) is 10.0 Å². The molecule has 1 N–H and O–H groups in total. The van der Waals surface area contributed by atoms with Crippen LogP contribution in [0, 0.1) is 0 Å². The number of carbonyl (C=O) groups excluding carboxylic acids is 3. The van der Waals surface area contributed by atoms with E-state index in [1.54, 1.807) is 24.3 Å². The van der Waals surface area contributed by atoms with Crippen LogP contribution in [0.25, 0.3) is 0 Å². The van der Waals surface area contributed by atoms with E-state index in [0.717, 1.165) is 0 Å². The summed E-state index contributed by atoms with van der Waals surface area (Å²) in [6.07, 6.45) is -0.0723. The number of rotatable bonds is 6. The van der Waals surface area contributed by atoms with Gasteiger partial charge in [0.1, 0.15) is 0 Å². The van der Waals surface area contributed by atoms with Crippen molar-refractivity contribution in [3.8, 4) is 0 Å². The van der Waals surface area contributed by atoms with Gasteiger partial charge in [-0.2, -0.15) is 0 Å². The highest BCUT2D eigenvalue weighted by atomic mass is 35.5. The quantitative estimate of drug-likeness (QED) is 0.756. The fourth-order valence-electron chi connectivity index (χ4n) is 2.02. The summed E-state index contributed by atoms with van der Waals surface area (Å²) in [6.45, 7) is -0.442. The number of anilines is 1. The molecule has 0 spiro atoms. The van der Waals surface area contributed by atoms with Crippen molar-refractivity contribution in [2.24, 2.45) is 0 Å². The molecule has 8 heteroatoms. The number of halogens is 2. The molecule has 0 radical (unpaired) electrons. The van der Waals surface area contributed by atoms with E-state index >= 15 is 0 Å². The van der Waals surface area contributed by atoms with Crippen LogP contribution in [0.3, 0.4) is 0 Å². The molecule has 1 amide bonds. The highest BCUT2D eigenvalue weighted by molar-refractivity contribution is 6.35. The first-order chi connectivity index (χ1) is 12.4. The number of hydrogen-bond acceptors (Lipinski definition) is 5. The number of nitrogens with one attached hydrogen (secondary N) is 1. The molecule has 0 bridgehead atoms. The van der Waals surface area contributed by atoms with E-state index in [2.05, 4.69) is 10.1 Å². The molecule has 0 fully saturated rings. The van der Waals surface area contributed by atoms with Gasteiger partial charge in [0.05, 0.1) is 19.1 Å². The third-order valence-electron chi connectivity index (χ3n) is 3.30. The summed E-state index contributed by atoms with van der Waals surface area (Å²) in [5, 5.41) is 3.37. The molecule has 0 saturated carbocycles. The minimum Gasteiger partial charge on any atom is -0.465 e. The van der Waals surface area contributed by atoms with Crippen molar-refractivity contribution in [1.82, 2.24) is 0 Å². The Bertz CT molecular complexity index is 821. The van der Waals surface area contributed by atoms with Gasteiger partial charge in [0.2, 0.25) is 0 Å². The van der Waals surface area contributed by atoms with Crippen LogP contribution in [-0.4, -0.2) is 31.6 Å². The van der Waals surface area contributed by atoms with Gasteiger partial charge in [-0.25, -0.2) is 4.79 Å². The van der Waals surface area contributed by atoms with Crippen molar-refractivity contribution in [3.05, 3.63) is 63.6 Å². The maximum atomic E-state index is 11.8. The molecule has 6 nitrogen and oxygen atoms in total. The first kappa shape index (κ1) is 19.8. The van der Waals surface area contributed by atoms with Gasteiger partial charge in [-0.1, -0.05) is 29.3 Å². The van der Waals surface area contributed by atoms with Crippen LogP contribution in [0.15, 0.2) is 42.5 Å². The summed E-state index contributed by atoms with van der Waals surface area (Å²) in [7, 11) is 1.28. The third kappa shape index (κ3) is 5.75. The van der Waals surface area contributed by atoms with Crippen LogP contribution < -0.4 is 5.32 Å². The van der Waals surface area contributed by atoms with Gasteiger partial charge in [0.25, 0.3) is 5.91 Å². The largest absolute Gasteiger partial charge is 0.465 e. The number of carbonyl (C=O) groups is 3. The maximum Gasteiger partial charge on any atom is 0.337 e. The van der Waals surface area contributed by atoms with Crippen molar-refractivity contribution in [3.63, 3.8) is 0 Å². The first-order valence-electron chi connectivity index (χ1n) is 7.47. The number of amides is 1. The Labute approximate surface area is 160 Å². The highest BCUT2D eigenvalue weighted by Gasteiger charge is 2.12. The molecule has 0 atom stereocenters. The maximum absolute atomic E-state index is 11.8. The Morgan fingerprint density at radius 3 is 2.35 bits per heavy atom.